The number of methoxy groups -OCH3 is 1. The average Bonchev–Trinajstić information content (AvgIpc) is 3.09. The molecule has 0 spiro atoms. The first kappa shape index (κ1) is 22.6. The summed E-state index contributed by atoms with van der Waals surface area (Å²) in [5.41, 5.74) is 0. The molecule has 0 radical (unpaired) electrons. The molecule has 1 saturated carbocycles. The van der Waals surface area contributed by atoms with Crippen LogP contribution in [0.1, 0.15) is 90.4 Å². The second kappa shape index (κ2) is 12.0. The minimum Gasteiger partial charge on any atom is -0.462 e. The van der Waals surface area contributed by atoms with E-state index in [1.54, 1.807) is 4.90 Å². The molecule has 5 nitrogen and oxygen atoms in total. The van der Waals surface area contributed by atoms with Crippen molar-refractivity contribution in [1.82, 2.24) is 4.90 Å². The third-order valence-corrected chi connectivity index (χ3v) is 6.24. The van der Waals surface area contributed by atoms with Gasteiger partial charge in [-0.15, -0.1) is 6.42 Å². The zero-order chi connectivity index (χ0) is 20.4. The van der Waals surface area contributed by atoms with Gasteiger partial charge in [0.1, 0.15) is 6.10 Å². The lowest BCUT2D eigenvalue weighted by molar-refractivity contribution is -0.154. The maximum absolute atomic E-state index is 12.3. The molecular formula is C23H37NO4. The summed E-state index contributed by atoms with van der Waals surface area (Å²) in [5.74, 6) is 2.73. The van der Waals surface area contributed by atoms with Gasteiger partial charge in [-0.1, -0.05) is 57.8 Å². The van der Waals surface area contributed by atoms with Gasteiger partial charge in [-0.3, -0.25) is 9.69 Å². The number of esters is 1. The van der Waals surface area contributed by atoms with Crippen LogP contribution >= 0.6 is 0 Å². The number of fused-ring (bicyclic) bond motifs is 1. The number of amides is 1. The Morgan fingerprint density at radius 1 is 1.07 bits per heavy atom. The van der Waals surface area contributed by atoms with E-state index in [0.29, 0.717) is 12.8 Å². The van der Waals surface area contributed by atoms with Crippen LogP contribution in [0.2, 0.25) is 0 Å². The molecule has 2 rings (SSSR count). The number of likely N-dealkylation sites (tertiary alicyclic amines) is 1. The maximum atomic E-state index is 12.3. The Morgan fingerprint density at radius 2 is 1.75 bits per heavy atom. The minimum atomic E-state index is -0.374. The quantitative estimate of drug-likeness (QED) is 0.296. The smallest absolute Gasteiger partial charge is 0.410 e. The highest BCUT2D eigenvalue weighted by molar-refractivity contribution is 5.70. The summed E-state index contributed by atoms with van der Waals surface area (Å²) < 4.78 is 10.8. The summed E-state index contributed by atoms with van der Waals surface area (Å²) in [7, 11) is 1.38. The third kappa shape index (κ3) is 6.15. The summed E-state index contributed by atoms with van der Waals surface area (Å²) in [5, 5.41) is 0. The molecule has 5 heteroatoms. The van der Waals surface area contributed by atoms with Crippen LogP contribution in [-0.2, 0) is 14.3 Å². The molecule has 1 aliphatic carbocycles. The highest BCUT2D eigenvalue weighted by atomic mass is 16.5. The van der Waals surface area contributed by atoms with Gasteiger partial charge in [-0.05, 0) is 32.1 Å². The Kier molecular flexibility index (Phi) is 9.67. The predicted molar refractivity (Wildman–Crippen MR) is 110 cm³/mol. The van der Waals surface area contributed by atoms with Crippen LogP contribution in [0.4, 0.5) is 4.79 Å². The van der Waals surface area contributed by atoms with E-state index in [2.05, 4.69) is 12.8 Å². The molecule has 1 unspecified atom stereocenters. The van der Waals surface area contributed by atoms with Crippen molar-refractivity contribution in [2.45, 2.75) is 109 Å². The fraction of sp³-hybridized carbons (Fsp3) is 0.826. The van der Waals surface area contributed by atoms with E-state index in [4.69, 9.17) is 15.9 Å². The summed E-state index contributed by atoms with van der Waals surface area (Å²) in [6.45, 7) is 2.23. The summed E-state index contributed by atoms with van der Waals surface area (Å²) in [6, 6.07) is -0.252. The van der Waals surface area contributed by atoms with Crippen LogP contribution in [0.15, 0.2) is 0 Å². The van der Waals surface area contributed by atoms with Crippen LogP contribution in [0, 0.1) is 18.3 Å². The van der Waals surface area contributed by atoms with Crippen LogP contribution in [0.5, 0.6) is 0 Å². The highest BCUT2D eigenvalue weighted by Gasteiger charge is 2.49. The molecule has 2 fully saturated rings. The largest absolute Gasteiger partial charge is 0.462 e. The first-order chi connectivity index (χ1) is 13.6. The lowest BCUT2D eigenvalue weighted by Gasteiger charge is -2.36. The Morgan fingerprint density at radius 3 is 2.39 bits per heavy atom. The molecule has 1 saturated heterocycles. The van der Waals surface area contributed by atoms with Crippen molar-refractivity contribution in [3.8, 4) is 12.3 Å². The molecule has 158 valence electrons. The molecule has 0 N–H and O–H groups in total. The van der Waals surface area contributed by atoms with Crippen molar-refractivity contribution >= 4 is 12.1 Å². The van der Waals surface area contributed by atoms with Gasteiger partial charge in [0.05, 0.1) is 13.2 Å². The molecule has 1 aliphatic heterocycles. The Balaban J connectivity index is 1.74. The van der Waals surface area contributed by atoms with E-state index in [-0.39, 0.29) is 36.2 Å². The van der Waals surface area contributed by atoms with Gasteiger partial charge in [0.2, 0.25) is 0 Å². The fourth-order valence-electron chi connectivity index (χ4n) is 4.75. The zero-order valence-corrected chi connectivity index (χ0v) is 17.7. The van der Waals surface area contributed by atoms with Crippen molar-refractivity contribution in [2.75, 3.05) is 7.11 Å². The normalized spacial score (nSPS) is 26.4. The third-order valence-electron chi connectivity index (χ3n) is 6.24. The number of nitrogens with zero attached hydrogens (tertiary/aromatic N) is 1. The maximum Gasteiger partial charge on any atom is 0.410 e. The van der Waals surface area contributed by atoms with Crippen molar-refractivity contribution in [3.05, 3.63) is 0 Å². The topological polar surface area (TPSA) is 55.8 Å². The number of ether oxygens (including phenoxy) is 2. The van der Waals surface area contributed by atoms with Crippen molar-refractivity contribution < 1.29 is 19.1 Å². The van der Waals surface area contributed by atoms with E-state index in [1.165, 1.54) is 45.6 Å². The number of rotatable bonds is 10. The molecule has 0 aromatic heterocycles. The number of unbranched alkanes of at least 4 members (excludes halogenated alkanes) is 7. The zero-order valence-electron chi connectivity index (χ0n) is 17.7. The summed E-state index contributed by atoms with van der Waals surface area (Å²) in [4.78, 5) is 26.2. The minimum absolute atomic E-state index is 0.0168. The van der Waals surface area contributed by atoms with Crippen molar-refractivity contribution in [2.24, 2.45) is 5.92 Å². The molecule has 2 aliphatic rings. The second-order valence-electron chi connectivity index (χ2n) is 8.21. The highest BCUT2D eigenvalue weighted by Crippen LogP contribution is 2.41. The molecule has 28 heavy (non-hydrogen) atoms. The number of hydrogen-bond acceptors (Lipinski definition) is 4. The lowest BCUT2D eigenvalue weighted by atomic mass is 9.82. The van der Waals surface area contributed by atoms with Gasteiger partial charge in [0.15, 0.2) is 0 Å². The van der Waals surface area contributed by atoms with Crippen LogP contribution in [0.3, 0.4) is 0 Å². The standard InChI is InChI=1S/C23H37NO4/c1-4-6-7-8-9-10-11-12-16-22(25)28-21-15-13-14-20-19(21)17-18(5-2)24(20)23(26)27-3/h2,18-21H,4,6-17H2,1,3H3/t18?,19-,20-,21+/m1/s1. The number of carbonyl (C=O) groups excluding carboxylic acids is 2. The van der Waals surface area contributed by atoms with Crippen LogP contribution < -0.4 is 0 Å². The first-order valence-electron chi connectivity index (χ1n) is 11.1. The van der Waals surface area contributed by atoms with Crippen LogP contribution in [-0.4, -0.2) is 42.3 Å². The van der Waals surface area contributed by atoms with E-state index in [9.17, 15) is 9.59 Å². The number of terminal acetylenes is 1. The van der Waals surface area contributed by atoms with E-state index in [1.807, 2.05) is 0 Å². The van der Waals surface area contributed by atoms with E-state index in [0.717, 1.165) is 32.1 Å². The Bertz CT molecular complexity index is 541. The monoisotopic (exact) mass is 391 g/mol. The van der Waals surface area contributed by atoms with Gasteiger partial charge >= 0.3 is 12.1 Å². The second-order valence-corrected chi connectivity index (χ2v) is 8.21. The molecule has 0 aromatic carbocycles. The van der Waals surface area contributed by atoms with Gasteiger partial charge in [0, 0.05) is 18.4 Å². The summed E-state index contributed by atoms with van der Waals surface area (Å²) in [6.07, 6.45) is 18.7. The van der Waals surface area contributed by atoms with Crippen molar-refractivity contribution in [3.63, 3.8) is 0 Å². The van der Waals surface area contributed by atoms with Crippen molar-refractivity contribution in [1.29, 1.82) is 0 Å². The van der Waals surface area contributed by atoms with Gasteiger partial charge in [0.25, 0.3) is 0 Å². The first-order valence-corrected chi connectivity index (χ1v) is 11.1. The van der Waals surface area contributed by atoms with Gasteiger partial charge in [-0.25, -0.2) is 4.79 Å². The molecule has 0 bridgehead atoms. The van der Waals surface area contributed by atoms with Gasteiger partial charge in [-0.2, -0.15) is 0 Å². The number of carbonyl (C=O) groups is 2. The lowest BCUT2D eigenvalue weighted by Crippen LogP contribution is -2.46. The Labute approximate surface area is 170 Å². The molecule has 1 amide bonds. The molecule has 4 atom stereocenters. The molecular weight excluding hydrogens is 354 g/mol. The van der Waals surface area contributed by atoms with E-state index >= 15 is 0 Å². The SMILES string of the molecule is C#CC1C[C@H]2[C@@H](OC(=O)CCCCCCCCCC)CCC[C@H]2N1C(=O)OC. The summed E-state index contributed by atoms with van der Waals surface area (Å²) >= 11 is 0. The molecule has 0 aromatic rings. The predicted octanol–water partition coefficient (Wildman–Crippen LogP) is 5.07. The molecule has 1 heterocycles. The average molecular weight is 392 g/mol. The van der Waals surface area contributed by atoms with Crippen LogP contribution in [0.25, 0.3) is 0 Å². The number of hydrogen-bond donors (Lipinski definition) is 0. The van der Waals surface area contributed by atoms with E-state index < -0.39 is 0 Å². The Hall–Kier alpha value is -1.70. The fourth-order valence-corrected chi connectivity index (χ4v) is 4.75. The van der Waals surface area contributed by atoms with Gasteiger partial charge < -0.3 is 9.47 Å².